The molecular formula is C31H35ClFN5O4. The molecule has 2 aromatic heterocycles. The van der Waals surface area contributed by atoms with Crippen molar-refractivity contribution in [2.45, 2.75) is 26.7 Å². The van der Waals surface area contributed by atoms with E-state index in [0.717, 1.165) is 31.7 Å². The van der Waals surface area contributed by atoms with E-state index in [4.69, 9.17) is 25.8 Å². The Morgan fingerprint density at radius 3 is 2.50 bits per heavy atom. The molecule has 0 fully saturated rings. The summed E-state index contributed by atoms with van der Waals surface area (Å²) >= 11 is 6.46. The van der Waals surface area contributed by atoms with Gasteiger partial charge in [-0.3, -0.25) is 9.78 Å². The molecule has 0 aliphatic carbocycles. The Balaban J connectivity index is 1.38. The number of ether oxygens (including phenoxy) is 3. The summed E-state index contributed by atoms with van der Waals surface area (Å²) in [7, 11) is 1.59. The van der Waals surface area contributed by atoms with Crippen LogP contribution in [0.1, 0.15) is 26.7 Å². The second-order valence-corrected chi connectivity index (χ2v) is 9.81. The van der Waals surface area contributed by atoms with Gasteiger partial charge in [0.05, 0.1) is 31.1 Å². The highest BCUT2D eigenvalue weighted by Crippen LogP contribution is 2.38. The van der Waals surface area contributed by atoms with Crippen LogP contribution < -0.4 is 24.8 Å². The van der Waals surface area contributed by atoms with Gasteiger partial charge in [-0.15, -0.1) is 0 Å². The minimum absolute atomic E-state index is 0.177. The monoisotopic (exact) mass is 595 g/mol. The summed E-state index contributed by atoms with van der Waals surface area (Å²) in [6, 6.07) is 12.9. The molecule has 0 radical (unpaired) electrons. The molecule has 0 unspecified atom stereocenters. The summed E-state index contributed by atoms with van der Waals surface area (Å²) in [6.07, 6.45) is 4.20. The first-order valence-electron chi connectivity index (χ1n) is 13.8. The van der Waals surface area contributed by atoms with Gasteiger partial charge in [0.25, 0.3) is 0 Å². The molecule has 0 spiro atoms. The number of anilines is 2. The van der Waals surface area contributed by atoms with Gasteiger partial charge in [-0.1, -0.05) is 25.4 Å². The second-order valence-electron chi connectivity index (χ2n) is 9.40. The molecule has 222 valence electrons. The van der Waals surface area contributed by atoms with E-state index in [0.29, 0.717) is 47.0 Å². The number of nitrogens with zero attached hydrogens (tertiary/aromatic N) is 3. The van der Waals surface area contributed by atoms with E-state index in [1.165, 1.54) is 18.3 Å². The molecule has 2 aromatic carbocycles. The number of aromatic nitrogens is 2. The molecule has 0 saturated carbocycles. The smallest absolute Gasteiger partial charge is 0.238 e. The van der Waals surface area contributed by atoms with Crippen molar-refractivity contribution in [1.29, 1.82) is 0 Å². The Morgan fingerprint density at radius 1 is 1.00 bits per heavy atom. The highest BCUT2D eigenvalue weighted by atomic mass is 35.5. The number of amides is 1. The summed E-state index contributed by atoms with van der Waals surface area (Å²) in [6.45, 7) is 8.22. The maximum Gasteiger partial charge on any atom is 0.238 e. The fraction of sp³-hybridized carbons (Fsp3) is 0.323. The van der Waals surface area contributed by atoms with Crippen molar-refractivity contribution in [3.63, 3.8) is 0 Å². The zero-order valence-electron chi connectivity index (χ0n) is 24.0. The van der Waals surface area contributed by atoms with Crippen LogP contribution >= 0.6 is 11.6 Å². The minimum Gasteiger partial charge on any atom is -0.493 e. The number of methoxy groups -OCH3 is 1. The number of fused-ring (bicyclic) bond motifs is 1. The minimum atomic E-state index is -0.317. The topological polar surface area (TPSA) is 97.8 Å². The van der Waals surface area contributed by atoms with Gasteiger partial charge in [0.2, 0.25) is 11.8 Å². The lowest BCUT2D eigenvalue weighted by molar-refractivity contribution is -0.115. The van der Waals surface area contributed by atoms with Gasteiger partial charge in [0.15, 0.2) is 11.5 Å². The normalized spacial score (nSPS) is 11.0. The number of benzene rings is 2. The van der Waals surface area contributed by atoms with Crippen LogP contribution in [0.2, 0.25) is 5.02 Å². The molecule has 4 aromatic rings. The molecule has 0 bridgehead atoms. The molecular weight excluding hydrogens is 561 g/mol. The third-order valence-electron chi connectivity index (χ3n) is 6.58. The van der Waals surface area contributed by atoms with E-state index in [2.05, 4.69) is 39.3 Å². The van der Waals surface area contributed by atoms with E-state index >= 15 is 0 Å². The van der Waals surface area contributed by atoms with Crippen molar-refractivity contribution in [2.24, 2.45) is 0 Å². The highest BCUT2D eigenvalue weighted by molar-refractivity contribution is 6.32. The van der Waals surface area contributed by atoms with Crippen LogP contribution in [0.3, 0.4) is 0 Å². The fourth-order valence-electron chi connectivity index (χ4n) is 4.28. The number of carbonyl (C=O) groups is 1. The van der Waals surface area contributed by atoms with Crippen LogP contribution in [0, 0.1) is 5.82 Å². The maximum absolute atomic E-state index is 13.0. The van der Waals surface area contributed by atoms with Gasteiger partial charge >= 0.3 is 0 Å². The van der Waals surface area contributed by atoms with E-state index in [1.807, 2.05) is 12.1 Å². The lowest BCUT2D eigenvalue weighted by Gasteiger charge is -2.18. The molecule has 11 heteroatoms. The number of nitrogens with one attached hydrogen (secondary N) is 2. The molecule has 0 saturated heterocycles. The average Bonchev–Trinajstić information content (AvgIpc) is 2.99. The quantitative estimate of drug-likeness (QED) is 0.145. The fourth-order valence-corrected chi connectivity index (χ4v) is 4.49. The predicted octanol–water partition coefficient (Wildman–Crippen LogP) is 6.77. The van der Waals surface area contributed by atoms with Gasteiger partial charge < -0.3 is 29.7 Å². The summed E-state index contributed by atoms with van der Waals surface area (Å²) in [5.74, 6) is 1.30. The lowest BCUT2D eigenvalue weighted by Crippen LogP contribution is -2.25. The van der Waals surface area contributed by atoms with E-state index < -0.39 is 0 Å². The molecule has 2 heterocycles. The van der Waals surface area contributed by atoms with Crippen molar-refractivity contribution in [1.82, 2.24) is 14.9 Å². The van der Waals surface area contributed by atoms with Crippen LogP contribution in [-0.2, 0) is 4.79 Å². The van der Waals surface area contributed by atoms with Crippen molar-refractivity contribution >= 4 is 39.8 Å². The molecule has 0 aliphatic rings. The molecule has 0 aliphatic heterocycles. The van der Waals surface area contributed by atoms with Crippen LogP contribution in [0.4, 0.5) is 15.8 Å². The summed E-state index contributed by atoms with van der Waals surface area (Å²) in [5.41, 5.74) is 1.83. The Labute approximate surface area is 250 Å². The van der Waals surface area contributed by atoms with Crippen LogP contribution in [0.5, 0.6) is 23.1 Å². The molecule has 4 rings (SSSR count). The van der Waals surface area contributed by atoms with E-state index in [1.54, 1.807) is 37.6 Å². The first kappa shape index (κ1) is 30.8. The number of carbonyl (C=O) groups excluding carboxylic acids is 1. The van der Waals surface area contributed by atoms with Gasteiger partial charge in [0.1, 0.15) is 16.6 Å². The van der Waals surface area contributed by atoms with Crippen LogP contribution in [-0.4, -0.2) is 60.7 Å². The van der Waals surface area contributed by atoms with Crippen molar-refractivity contribution < 1.29 is 23.4 Å². The standard InChI is InChI=1S/C31H35ClFN5O4/c1-4-38(5-2)15-6-16-41-29-19-26-24(18-28(29)40-3)27(11-13-35-26)42-31-25(32)17-23(20-36-31)37-30(39)12-14-34-22-9-7-21(33)8-10-22/h7-11,13,17-20,34H,4-6,12,14-16H2,1-3H3,(H,37,39). The molecule has 1 amide bonds. The lowest BCUT2D eigenvalue weighted by atomic mass is 10.2. The number of halogens is 2. The maximum atomic E-state index is 13.0. The average molecular weight is 596 g/mol. The van der Waals surface area contributed by atoms with Crippen LogP contribution in [0.15, 0.2) is 60.9 Å². The van der Waals surface area contributed by atoms with Crippen molar-refractivity contribution in [3.05, 3.63) is 71.8 Å². The Bertz CT molecular complexity index is 1480. The Kier molecular flexibility index (Phi) is 11.1. The van der Waals surface area contributed by atoms with E-state index in [9.17, 15) is 9.18 Å². The SMILES string of the molecule is CCN(CC)CCCOc1cc2nccc(Oc3ncc(NC(=O)CCNc4ccc(F)cc4)cc3Cl)c2cc1OC. The number of pyridine rings is 2. The van der Waals surface area contributed by atoms with Crippen molar-refractivity contribution in [3.8, 4) is 23.1 Å². The zero-order chi connectivity index (χ0) is 29.9. The van der Waals surface area contributed by atoms with Gasteiger partial charge in [-0.25, -0.2) is 9.37 Å². The molecule has 2 N–H and O–H groups in total. The third-order valence-corrected chi connectivity index (χ3v) is 6.85. The van der Waals surface area contributed by atoms with E-state index in [-0.39, 0.29) is 29.0 Å². The third kappa shape index (κ3) is 8.43. The Hall–Kier alpha value is -4.15. The second kappa shape index (κ2) is 15.2. The first-order valence-corrected chi connectivity index (χ1v) is 14.2. The summed E-state index contributed by atoms with van der Waals surface area (Å²) in [4.78, 5) is 23.5. The van der Waals surface area contributed by atoms with Crippen LogP contribution in [0.25, 0.3) is 10.9 Å². The highest BCUT2D eigenvalue weighted by Gasteiger charge is 2.15. The van der Waals surface area contributed by atoms with Crippen molar-refractivity contribution in [2.75, 3.05) is 50.5 Å². The number of hydrogen-bond acceptors (Lipinski definition) is 8. The number of rotatable bonds is 15. The van der Waals surface area contributed by atoms with Gasteiger partial charge in [-0.2, -0.15) is 0 Å². The first-order chi connectivity index (χ1) is 20.4. The molecule has 42 heavy (non-hydrogen) atoms. The summed E-state index contributed by atoms with van der Waals surface area (Å²) in [5, 5.41) is 6.77. The summed E-state index contributed by atoms with van der Waals surface area (Å²) < 4.78 is 30.7. The van der Waals surface area contributed by atoms with Gasteiger partial charge in [0, 0.05) is 42.8 Å². The molecule has 0 atom stereocenters. The molecule has 9 nitrogen and oxygen atoms in total. The Morgan fingerprint density at radius 2 is 1.79 bits per heavy atom. The largest absolute Gasteiger partial charge is 0.493 e. The zero-order valence-corrected chi connectivity index (χ0v) is 24.7. The predicted molar refractivity (Wildman–Crippen MR) is 164 cm³/mol. The van der Waals surface area contributed by atoms with Gasteiger partial charge in [-0.05, 0) is 62.0 Å². The number of hydrogen-bond donors (Lipinski definition) is 2.